The molecule has 9 heavy (non-hydrogen) atoms. The molecule has 3 nitrogen and oxygen atoms in total. The molecule has 1 rings (SSSR count). The Hall–Kier alpha value is -0.510. The van der Waals surface area contributed by atoms with Gasteiger partial charge < -0.3 is 5.32 Å². The second-order valence-corrected chi connectivity index (χ2v) is 4.16. The van der Waals surface area contributed by atoms with Gasteiger partial charge in [0.25, 0.3) is 0 Å². The highest BCUT2D eigenvalue weighted by Gasteiger charge is 2.13. The Balaban J connectivity index is 2.87. The van der Waals surface area contributed by atoms with Crippen molar-refractivity contribution in [2.45, 2.75) is 6.42 Å². The van der Waals surface area contributed by atoms with Gasteiger partial charge in [0.05, 0.1) is 4.91 Å². The summed E-state index contributed by atoms with van der Waals surface area (Å²) in [6, 6.07) is 0. The average molecular weight is 147 g/mol. The summed E-state index contributed by atoms with van der Waals surface area (Å²) in [7, 11) is -2.90. The zero-order valence-electron chi connectivity index (χ0n) is 5.22. The Kier molecular flexibility index (Phi) is 1.48. The van der Waals surface area contributed by atoms with Gasteiger partial charge in [-0.1, -0.05) is 0 Å². The van der Waals surface area contributed by atoms with E-state index in [2.05, 4.69) is 5.32 Å². The van der Waals surface area contributed by atoms with Gasteiger partial charge in [0.2, 0.25) is 0 Å². The normalized spacial score (nSPS) is 19.0. The zero-order valence-corrected chi connectivity index (χ0v) is 6.03. The molecule has 0 aromatic rings. The molecule has 0 amide bonds. The van der Waals surface area contributed by atoms with Crippen LogP contribution in [0.1, 0.15) is 6.42 Å². The third-order valence-electron chi connectivity index (χ3n) is 1.26. The topological polar surface area (TPSA) is 46.2 Å². The second-order valence-electron chi connectivity index (χ2n) is 2.09. The SMILES string of the molecule is CS(=O)(=O)C1=CNCC1. The molecule has 0 fully saturated rings. The van der Waals surface area contributed by atoms with Gasteiger partial charge in [-0.25, -0.2) is 8.42 Å². The van der Waals surface area contributed by atoms with Crippen LogP contribution in [0.15, 0.2) is 11.1 Å². The lowest BCUT2D eigenvalue weighted by molar-refractivity contribution is 0.606. The van der Waals surface area contributed by atoms with Crippen LogP contribution in [0.5, 0.6) is 0 Å². The van der Waals surface area contributed by atoms with E-state index in [1.54, 1.807) is 6.20 Å². The number of hydrogen-bond acceptors (Lipinski definition) is 3. The fourth-order valence-corrected chi connectivity index (χ4v) is 1.52. The molecule has 0 spiro atoms. The highest BCUT2D eigenvalue weighted by Crippen LogP contribution is 2.11. The molecule has 52 valence electrons. The zero-order chi connectivity index (χ0) is 6.91. The van der Waals surface area contributed by atoms with Crippen LogP contribution >= 0.6 is 0 Å². The summed E-state index contributed by atoms with van der Waals surface area (Å²) in [5, 5.41) is 2.84. The van der Waals surface area contributed by atoms with E-state index < -0.39 is 9.84 Å². The summed E-state index contributed by atoms with van der Waals surface area (Å²) in [5.41, 5.74) is 0. The predicted molar refractivity (Wildman–Crippen MR) is 35.5 cm³/mol. The maximum absolute atomic E-state index is 10.7. The third kappa shape index (κ3) is 1.45. The summed E-state index contributed by atoms with van der Waals surface area (Å²) >= 11 is 0. The molecular formula is C5H9NO2S. The Labute approximate surface area is 54.7 Å². The summed E-state index contributed by atoms with van der Waals surface area (Å²) in [6.07, 6.45) is 3.43. The number of hydrogen-bond donors (Lipinski definition) is 1. The van der Waals surface area contributed by atoms with Gasteiger partial charge in [0.15, 0.2) is 9.84 Å². The van der Waals surface area contributed by atoms with Crippen molar-refractivity contribution in [2.24, 2.45) is 0 Å². The van der Waals surface area contributed by atoms with E-state index >= 15 is 0 Å². The molecular weight excluding hydrogens is 138 g/mol. The predicted octanol–water partition coefficient (Wildman–Crippen LogP) is -0.134. The van der Waals surface area contributed by atoms with Crippen LogP contribution in [0.2, 0.25) is 0 Å². The molecule has 0 radical (unpaired) electrons. The first-order chi connectivity index (χ1) is 4.11. The molecule has 4 heteroatoms. The van der Waals surface area contributed by atoms with Gasteiger partial charge >= 0.3 is 0 Å². The van der Waals surface area contributed by atoms with E-state index in [0.29, 0.717) is 11.3 Å². The molecule has 0 bridgehead atoms. The molecule has 0 aromatic carbocycles. The molecule has 0 saturated carbocycles. The van der Waals surface area contributed by atoms with Crippen LogP contribution in [-0.2, 0) is 9.84 Å². The minimum Gasteiger partial charge on any atom is -0.390 e. The first-order valence-corrected chi connectivity index (χ1v) is 4.62. The summed E-state index contributed by atoms with van der Waals surface area (Å²) in [4.78, 5) is 0.516. The van der Waals surface area contributed by atoms with Crippen LogP contribution in [0, 0.1) is 0 Å². The maximum Gasteiger partial charge on any atom is 0.173 e. The molecule has 0 unspecified atom stereocenters. The molecule has 1 N–H and O–H groups in total. The van der Waals surface area contributed by atoms with Crippen LogP contribution in [0.4, 0.5) is 0 Å². The highest BCUT2D eigenvalue weighted by atomic mass is 32.2. The summed E-state index contributed by atoms with van der Waals surface area (Å²) in [5.74, 6) is 0. The van der Waals surface area contributed by atoms with Crippen molar-refractivity contribution < 1.29 is 8.42 Å². The van der Waals surface area contributed by atoms with Gasteiger partial charge in [-0.15, -0.1) is 0 Å². The first kappa shape index (κ1) is 6.61. The van der Waals surface area contributed by atoms with Crippen LogP contribution in [0.3, 0.4) is 0 Å². The number of sulfone groups is 1. The molecule has 0 aliphatic carbocycles. The van der Waals surface area contributed by atoms with E-state index in [1.807, 2.05) is 0 Å². The van der Waals surface area contributed by atoms with Crippen molar-refractivity contribution >= 4 is 9.84 Å². The number of nitrogens with one attached hydrogen (secondary N) is 1. The monoisotopic (exact) mass is 147 g/mol. The van der Waals surface area contributed by atoms with E-state index in [0.717, 1.165) is 6.54 Å². The van der Waals surface area contributed by atoms with Crippen LogP contribution in [0.25, 0.3) is 0 Å². The average Bonchev–Trinajstić information content (AvgIpc) is 2.08. The third-order valence-corrected chi connectivity index (χ3v) is 2.53. The van der Waals surface area contributed by atoms with Crippen molar-refractivity contribution in [1.29, 1.82) is 0 Å². The summed E-state index contributed by atoms with van der Waals surface area (Å²) in [6.45, 7) is 0.752. The minimum absolute atomic E-state index is 0.516. The van der Waals surface area contributed by atoms with Crippen LogP contribution < -0.4 is 5.32 Å². The molecule has 0 saturated heterocycles. The smallest absolute Gasteiger partial charge is 0.173 e. The van der Waals surface area contributed by atoms with E-state index in [9.17, 15) is 8.42 Å². The Morgan fingerprint density at radius 2 is 2.33 bits per heavy atom. The number of rotatable bonds is 1. The molecule has 0 aromatic heterocycles. The minimum atomic E-state index is -2.90. The van der Waals surface area contributed by atoms with Gasteiger partial charge in [-0.05, 0) is 0 Å². The largest absolute Gasteiger partial charge is 0.390 e. The lowest BCUT2D eigenvalue weighted by Crippen LogP contribution is -1.98. The quantitative estimate of drug-likeness (QED) is 0.561. The van der Waals surface area contributed by atoms with Crippen molar-refractivity contribution in [1.82, 2.24) is 5.32 Å². The molecule has 1 aliphatic heterocycles. The molecule has 1 aliphatic rings. The molecule has 1 heterocycles. The Bertz CT molecular complexity index is 227. The van der Waals surface area contributed by atoms with Gasteiger partial charge in [0.1, 0.15) is 0 Å². The van der Waals surface area contributed by atoms with Gasteiger partial charge in [0, 0.05) is 25.4 Å². The van der Waals surface area contributed by atoms with Crippen molar-refractivity contribution in [3.8, 4) is 0 Å². The van der Waals surface area contributed by atoms with Crippen molar-refractivity contribution in [3.05, 3.63) is 11.1 Å². The fourth-order valence-electron chi connectivity index (χ4n) is 0.746. The second kappa shape index (κ2) is 2.02. The first-order valence-electron chi connectivity index (χ1n) is 2.73. The van der Waals surface area contributed by atoms with Crippen molar-refractivity contribution in [2.75, 3.05) is 12.8 Å². The van der Waals surface area contributed by atoms with E-state index in [1.165, 1.54) is 6.26 Å². The Morgan fingerprint density at radius 1 is 1.67 bits per heavy atom. The van der Waals surface area contributed by atoms with Crippen molar-refractivity contribution in [3.63, 3.8) is 0 Å². The lowest BCUT2D eigenvalue weighted by atomic mass is 10.5. The lowest BCUT2D eigenvalue weighted by Gasteiger charge is -1.92. The van der Waals surface area contributed by atoms with E-state index in [-0.39, 0.29) is 0 Å². The molecule has 0 atom stereocenters. The van der Waals surface area contributed by atoms with Crippen LogP contribution in [-0.4, -0.2) is 21.2 Å². The highest BCUT2D eigenvalue weighted by molar-refractivity contribution is 7.94. The van der Waals surface area contributed by atoms with Gasteiger partial charge in [-0.3, -0.25) is 0 Å². The summed E-state index contributed by atoms with van der Waals surface area (Å²) < 4.78 is 21.5. The standard InChI is InChI=1S/C5H9NO2S/c1-9(7,8)5-2-3-6-4-5/h4,6H,2-3H2,1H3. The van der Waals surface area contributed by atoms with Gasteiger partial charge in [-0.2, -0.15) is 0 Å². The van der Waals surface area contributed by atoms with E-state index in [4.69, 9.17) is 0 Å². The fraction of sp³-hybridized carbons (Fsp3) is 0.600. The Morgan fingerprint density at radius 3 is 2.56 bits per heavy atom. The maximum atomic E-state index is 10.7.